The molecule has 0 aliphatic carbocycles. The molecule has 96 valence electrons. The van der Waals surface area contributed by atoms with Crippen LogP contribution in [0.15, 0.2) is 6.07 Å². The molecule has 0 unspecified atom stereocenters. The zero-order chi connectivity index (χ0) is 12.7. The van der Waals surface area contributed by atoms with Gasteiger partial charge in [0.25, 0.3) is 0 Å². The highest BCUT2D eigenvalue weighted by atomic mass is 32.1. The molecular weight excluding hydrogens is 250 g/mol. The van der Waals surface area contributed by atoms with Crippen molar-refractivity contribution < 1.29 is 9.90 Å². The van der Waals surface area contributed by atoms with E-state index in [9.17, 15) is 4.79 Å². The molecule has 1 aliphatic heterocycles. The maximum absolute atomic E-state index is 10.9. The van der Waals surface area contributed by atoms with E-state index in [2.05, 4.69) is 21.8 Å². The smallest absolute Gasteiger partial charge is 0.346 e. The average Bonchev–Trinajstić information content (AvgIpc) is 2.86. The molecule has 1 atom stereocenters. The van der Waals surface area contributed by atoms with Crippen LogP contribution in [0.3, 0.4) is 0 Å². The molecule has 1 aliphatic rings. The number of imidazole rings is 1. The minimum absolute atomic E-state index is 0.335. The number of nitrogens with zero attached hydrogens (tertiary/aromatic N) is 2. The fourth-order valence-electron chi connectivity index (χ4n) is 2.44. The van der Waals surface area contributed by atoms with Crippen molar-refractivity contribution in [3.05, 3.63) is 10.9 Å². The van der Waals surface area contributed by atoms with E-state index in [1.54, 1.807) is 6.07 Å². The fourth-order valence-corrected chi connectivity index (χ4v) is 3.26. The summed E-state index contributed by atoms with van der Waals surface area (Å²) in [6.07, 6.45) is 2.46. The summed E-state index contributed by atoms with van der Waals surface area (Å²) in [5.74, 6) is 0.677. The van der Waals surface area contributed by atoms with Crippen molar-refractivity contribution in [2.24, 2.45) is 5.92 Å². The van der Waals surface area contributed by atoms with E-state index in [-0.39, 0.29) is 0 Å². The molecule has 3 heterocycles. The van der Waals surface area contributed by atoms with E-state index in [1.807, 2.05) is 0 Å². The molecule has 1 fully saturated rings. The highest BCUT2D eigenvalue weighted by Gasteiger charge is 2.20. The number of piperidine rings is 1. The number of aromatic nitrogens is 2. The number of carboxylic acid groups (broad SMARTS) is 1. The number of carbonyl (C=O) groups is 1. The predicted molar refractivity (Wildman–Crippen MR) is 71.5 cm³/mol. The summed E-state index contributed by atoms with van der Waals surface area (Å²) in [7, 11) is 0. The third kappa shape index (κ3) is 1.96. The highest BCUT2D eigenvalue weighted by Crippen LogP contribution is 2.28. The molecule has 6 heteroatoms. The molecule has 3 rings (SSSR count). The lowest BCUT2D eigenvalue weighted by Crippen LogP contribution is -2.34. The first-order chi connectivity index (χ1) is 8.63. The molecule has 2 N–H and O–H groups in total. The summed E-state index contributed by atoms with van der Waals surface area (Å²) < 4.78 is 0. The molecule has 0 bridgehead atoms. The summed E-state index contributed by atoms with van der Waals surface area (Å²) >= 11 is 1.22. The van der Waals surface area contributed by atoms with Crippen LogP contribution in [-0.2, 0) is 0 Å². The molecule has 0 amide bonds. The van der Waals surface area contributed by atoms with Gasteiger partial charge in [0.2, 0.25) is 5.95 Å². The van der Waals surface area contributed by atoms with Gasteiger partial charge < -0.3 is 15.0 Å². The molecule has 5 nitrogen and oxygen atoms in total. The summed E-state index contributed by atoms with van der Waals surface area (Å²) in [4.78, 5) is 21.9. The van der Waals surface area contributed by atoms with Crippen LogP contribution in [0.2, 0.25) is 0 Å². The van der Waals surface area contributed by atoms with Gasteiger partial charge in [-0.05, 0) is 24.8 Å². The molecular formula is C12H15N3O2S. The van der Waals surface area contributed by atoms with Gasteiger partial charge in [-0.1, -0.05) is 6.92 Å². The van der Waals surface area contributed by atoms with Crippen LogP contribution in [-0.4, -0.2) is 34.1 Å². The van der Waals surface area contributed by atoms with Gasteiger partial charge in [-0.15, -0.1) is 11.3 Å². The van der Waals surface area contributed by atoms with Gasteiger partial charge in [-0.25, -0.2) is 9.78 Å². The summed E-state index contributed by atoms with van der Waals surface area (Å²) in [6.45, 7) is 4.30. The van der Waals surface area contributed by atoms with Crippen LogP contribution < -0.4 is 4.90 Å². The Balaban J connectivity index is 1.89. The van der Waals surface area contributed by atoms with Crippen LogP contribution in [0.4, 0.5) is 5.95 Å². The molecule has 1 saturated heterocycles. The van der Waals surface area contributed by atoms with Gasteiger partial charge in [0.1, 0.15) is 9.71 Å². The number of anilines is 1. The quantitative estimate of drug-likeness (QED) is 0.875. The number of carboxylic acids is 1. The minimum atomic E-state index is -0.889. The van der Waals surface area contributed by atoms with Crippen molar-refractivity contribution in [2.45, 2.75) is 19.8 Å². The Morgan fingerprint density at radius 1 is 1.67 bits per heavy atom. The lowest BCUT2D eigenvalue weighted by atomic mass is 10.0. The molecule has 0 saturated carbocycles. The number of aromatic amines is 1. The molecule has 2 aromatic rings. The monoisotopic (exact) mass is 265 g/mol. The van der Waals surface area contributed by atoms with Crippen molar-refractivity contribution >= 4 is 33.6 Å². The lowest BCUT2D eigenvalue weighted by Gasteiger charge is -2.30. The van der Waals surface area contributed by atoms with Gasteiger partial charge >= 0.3 is 5.97 Å². The molecule has 0 spiro atoms. The number of hydrogen-bond donors (Lipinski definition) is 2. The third-order valence-electron chi connectivity index (χ3n) is 3.33. The van der Waals surface area contributed by atoms with Gasteiger partial charge in [0, 0.05) is 13.1 Å². The number of thiophene rings is 1. The number of hydrogen-bond acceptors (Lipinski definition) is 4. The van der Waals surface area contributed by atoms with Crippen LogP contribution in [0.5, 0.6) is 0 Å². The summed E-state index contributed by atoms with van der Waals surface area (Å²) in [6, 6.07) is 1.66. The molecule has 2 aromatic heterocycles. The Morgan fingerprint density at radius 2 is 2.50 bits per heavy atom. The maximum atomic E-state index is 10.9. The van der Waals surface area contributed by atoms with E-state index >= 15 is 0 Å². The zero-order valence-corrected chi connectivity index (χ0v) is 11.0. The maximum Gasteiger partial charge on any atom is 0.346 e. The van der Waals surface area contributed by atoms with Crippen LogP contribution in [0.1, 0.15) is 29.4 Å². The van der Waals surface area contributed by atoms with Crippen LogP contribution in [0.25, 0.3) is 10.3 Å². The number of aromatic carboxylic acids is 1. The molecule has 18 heavy (non-hydrogen) atoms. The van der Waals surface area contributed by atoms with Gasteiger partial charge in [-0.3, -0.25) is 0 Å². The standard InChI is InChI=1S/C12H15N3O2S/c1-7-3-2-4-15(6-7)12-13-8-5-9(11(16)17)18-10(8)14-12/h5,7H,2-4,6H2,1H3,(H,13,14)(H,16,17)/t7-/m1/s1. The summed E-state index contributed by atoms with van der Waals surface area (Å²) in [5, 5.41) is 8.92. The van der Waals surface area contributed by atoms with Gasteiger partial charge in [-0.2, -0.15) is 0 Å². The number of fused-ring (bicyclic) bond motifs is 1. The zero-order valence-electron chi connectivity index (χ0n) is 10.1. The number of H-pyrrole nitrogens is 1. The van der Waals surface area contributed by atoms with Gasteiger partial charge in [0.05, 0.1) is 5.52 Å². The molecule has 0 aromatic carbocycles. The first kappa shape index (κ1) is 11.5. The minimum Gasteiger partial charge on any atom is -0.477 e. The number of nitrogens with one attached hydrogen (secondary N) is 1. The van der Waals surface area contributed by atoms with E-state index < -0.39 is 5.97 Å². The van der Waals surface area contributed by atoms with Crippen LogP contribution >= 0.6 is 11.3 Å². The van der Waals surface area contributed by atoms with E-state index in [0.717, 1.165) is 29.4 Å². The van der Waals surface area contributed by atoms with Gasteiger partial charge in [0.15, 0.2) is 0 Å². The number of rotatable bonds is 2. The largest absolute Gasteiger partial charge is 0.477 e. The second kappa shape index (κ2) is 4.28. The molecule has 0 radical (unpaired) electrons. The highest BCUT2D eigenvalue weighted by molar-refractivity contribution is 7.20. The topological polar surface area (TPSA) is 69.2 Å². The second-order valence-electron chi connectivity index (χ2n) is 4.89. The van der Waals surface area contributed by atoms with Crippen molar-refractivity contribution in [3.8, 4) is 0 Å². The Kier molecular flexibility index (Phi) is 2.74. The predicted octanol–water partition coefficient (Wildman–Crippen LogP) is 2.56. The van der Waals surface area contributed by atoms with E-state index in [4.69, 9.17) is 5.11 Å². The third-order valence-corrected chi connectivity index (χ3v) is 4.35. The summed E-state index contributed by atoms with van der Waals surface area (Å²) in [5.41, 5.74) is 0.825. The SMILES string of the molecule is C[C@@H]1CCCN(c2nc3sc(C(=O)O)cc3[nH]2)C1. The van der Waals surface area contributed by atoms with Crippen molar-refractivity contribution in [3.63, 3.8) is 0 Å². The Labute approximate surface area is 108 Å². The van der Waals surface area contributed by atoms with Crippen molar-refractivity contribution in [2.75, 3.05) is 18.0 Å². The fraction of sp³-hybridized carbons (Fsp3) is 0.500. The van der Waals surface area contributed by atoms with Crippen molar-refractivity contribution in [1.29, 1.82) is 0 Å². The second-order valence-corrected chi connectivity index (χ2v) is 5.92. The van der Waals surface area contributed by atoms with Crippen LogP contribution in [0, 0.1) is 5.92 Å². The van der Waals surface area contributed by atoms with Crippen molar-refractivity contribution in [1.82, 2.24) is 9.97 Å². The first-order valence-electron chi connectivity index (χ1n) is 6.11. The Hall–Kier alpha value is -1.56. The normalized spacial score (nSPS) is 20.5. The van der Waals surface area contributed by atoms with E-state index in [0.29, 0.717) is 10.8 Å². The Bertz CT molecular complexity index is 558. The Morgan fingerprint density at radius 3 is 3.17 bits per heavy atom. The lowest BCUT2D eigenvalue weighted by molar-refractivity contribution is 0.0702. The average molecular weight is 265 g/mol. The van der Waals surface area contributed by atoms with E-state index in [1.165, 1.54) is 24.2 Å². The first-order valence-corrected chi connectivity index (χ1v) is 6.93.